The Morgan fingerprint density at radius 2 is 2.02 bits per heavy atom. The topological polar surface area (TPSA) is 101 Å². The summed E-state index contributed by atoms with van der Waals surface area (Å²) >= 11 is 2.23. The molecule has 0 aliphatic carbocycles. The standard InChI is InChI=1S/C32H40IN7O4/c1-9-25-23-16-22(13-14-26(23)40(36-25)28-12-10-11-15-42-28)24-17-34-37(7)27(24)18-39(31(41)44-32(4,5)6)20(2)19-43-30-29(33)21(3)35-38(30)8/h1,13-14,16-17,20,28H,10-12,15,18-19H2,2-8H3/t20-,28?/m0/s1. The first kappa shape index (κ1) is 31.8. The maximum atomic E-state index is 13.6. The molecule has 0 saturated carbocycles. The average Bonchev–Trinajstić information content (AvgIpc) is 3.61. The molecule has 0 N–H and O–H groups in total. The van der Waals surface area contributed by atoms with Gasteiger partial charge in [-0.15, -0.1) is 6.42 Å². The van der Waals surface area contributed by atoms with Crippen molar-refractivity contribution in [1.29, 1.82) is 0 Å². The van der Waals surface area contributed by atoms with Gasteiger partial charge in [-0.05, 0) is 100 Å². The van der Waals surface area contributed by atoms with Crippen LogP contribution >= 0.6 is 22.6 Å². The summed E-state index contributed by atoms with van der Waals surface area (Å²) in [5.41, 5.74) is 4.38. The third-order valence-electron chi connectivity index (χ3n) is 7.68. The zero-order chi connectivity index (χ0) is 31.8. The van der Waals surface area contributed by atoms with E-state index in [4.69, 9.17) is 25.7 Å². The van der Waals surface area contributed by atoms with Crippen LogP contribution in [0.3, 0.4) is 0 Å². The van der Waals surface area contributed by atoms with Gasteiger partial charge in [0.1, 0.15) is 17.9 Å². The molecule has 1 aromatic carbocycles. The number of amides is 1. The molecule has 0 radical (unpaired) electrons. The molecule has 11 nitrogen and oxygen atoms in total. The summed E-state index contributed by atoms with van der Waals surface area (Å²) in [7, 11) is 3.72. The molecular formula is C32H40IN7O4. The van der Waals surface area contributed by atoms with Gasteiger partial charge in [0.05, 0.1) is 39.3 Å². The van der Waals surface area contributed by atoms with Crippen molar-refractivity contribution >= 4 is 39.6 Å². The van der Waals surface area contributed by atoms with Gasteiger partial charge in [-0.25, -0.2) is 14.2 Å². The number of aromatic nitrogens is 6. The normalized spacial score (nSPS) is 16.1. The predicted octanol–water partition coefficient (Wildman–Crippen LogP) is 5.97. The Balaban J connectivity index is 1.47. The number of rotatable bonds is 8. The Morgan fingerprint density at radius 3 is 2.66 bits per heavy atom. The van der Waals surface area contributed by atoms with Crippen LogP contribution in [0.25, 0.3) is 22.0 Å². The zero-order valence-corrected chi connectivity index (χ0v) is 28.6. The van der Waals surface area contributed by atoms with E-state index < -0.39 is 11.7 Å². The molecule has 5 rings (SSSR count). The van der Waals surface area contributed by atoms with Crippen LogP contribution in [0.2, 0.25) is 0 Å². The number of benzene rings is 1. The van der Waals surface area contributed by atoms with E-state index in [1.807, 2.05) is 77.8 Å². The van der Waals surface area contributed by atoms with Crippen LogP contribution in [0.15, 0.2) is 24.4 Å². The van der Waals surface area contributed by atoms with E-state index in [1.165, 1.54) is 0 Å². The van der Waals surface area contributed by atoms with E-state index in [0.717, 1.165) is 56.3 Å². The Hall–Kier alpha value is -3.57. The lowest BCUT2D eigenvalue weighted by molar-refractivity contribution is -0.0367. The fourth-order valence-corrected chi connectivity index (χ4v) is 6.00. The molecule has 44 heavy (non-hydrogen) atoms. The van der Waals surface area contributed by atoms with Gasteiger partial charge in [-0.3, -0.25) is 9.58 Å². The molecule has 12 heteroatoms. The molecule has 1 unspecified atom stereocenters. The zero-order valence-electron chi connectivity index (χ0n) is 26.4. The third-order valence-corrected chi connectivity index (χ3v) is 8.93. The first-order chi connectivity index (χ1) is 20.9. The molecule has 1 aliphatic heterocycles. The van der Waals surface area contributed by atoms with Gasteiger partial charge in [0.2, 0.25) is 5.88 Å². The summed E-state index contributed by atoms with van der Waals surface area (Å²) in [6.45, 7) is 10.7. The fraction of sp³-hybridized carbons (Fsp3) is 0.500. The highest BCUT2D eigenvalue weighted by Crippen LogP contribution is 2.33. The van der Waals surface area contributed by atoms with Gasteiger partial charge in [0.25, 0.3) is 0 Å². The number of fused-ring (bicyclic) bond motifs is 1. The fourth-order valence-electron chi connectivity index (χ4n) is 5.38. The van der Waals surface area contributed by atoms with Crippen LogP contribution in [0.4, 0.5) is 4.79 Å². The first-order valence-electron chi connectivity index (χ1n) is 14.8. The highest BCUT2D eigenvalue weighted by Gasteiger charge is 2.30. The Bertz CT molecular complexity index is 1700. The lowest BCUT2D eigenvalue weighted by atomic mass is 10.0. The molecule has 3 aromatic heterocycles. The number of ether oxygens (including phenoxy) is 3. The first-order valence-corrected chi connectivity index (χ1v) is 15.9. The molecule has 0 bridgehead atoms. The Morgan fingerprint density at radius 1 is 1.25 bits per heavy atom. The summed E-state index contributed by atoms with van der Waals surface area (Å²) < 4.78 is 24.4. The monoisotopic (exact) mass is 713 g/mol. The van der Waals surface area contributed by atoms with Gasteiger partial charge in [-0.2, -0.15) is 15.3 Å². The van der Waals surface area contributed by atoms with Gasteiger partial charge in [-0.1, -0.05) is 6.07 Å². The molecule has 4 aromatic rings. The maximum Gasteiger partial charge on any atom is 0.411 e. The highest BCUT2D eigenvalue weighted by molar-refractivity contribution is 14.1. The quantitative estimate of drug-likeness (QED) is 0.164. The lowest BCUT2D eigenvalue weighted by Crippen LogP contribution is -2.44. The van der Waals surface area contributed by atoms with Crippen LogP contribution in [-0.4, -0.2) is 65.2 Å². The molecular weight excluding hydrogens is 673 g/mol. The van der Waals surface area contributed by atoms with Crippen molar-refractivity contribution in [2.24, 2.45) is 14.1 Å². The van der Waals surface area contributed by atoms with E-state index in [0.29, 0.717) is 18.2 Å². The van der Waals surface area contributed by atoms with Crippen molar-refractivity contribution < 1.29 is 19.0 Å². The van der Waals surface area contributed by atoms with Crippen molar-refractivity contribution in [3.8, 4) is 29.4 Å². The van der Waals surface area contributed by atoms with Gasteiger partial charge < -0.3 is 14.2 Å². The summed E-state index contributed by atoms with van der Waals surface area (Å²) in [6, 6.07) is 5.80. The van der Waals surface area contributed by atoms with E-state index in [-0.39, 0.29) is 25.4 Å². The minimum absolute atomic E-state index is 0.127. The van der Waals surface area contributed by atoms with Crippen molar-refractivity contribution in [2.45, 2.75) is 78.3 Å². The number of hydrogen-bond donors (Lipinski definition) is 0. The number of nitrogens with zero attached hydrogens (tertiary/aromatic N) is 7. The molecule has 2 atom stereocenters. The van der Waals surface area contributed by atoms with Gasteiger partial charge >= 0.3 is 6.09 Å². The number of aryl methyl sites for hydroxylation is 3. The molecule has 1 fully saturated rings. The lowest BCUT2D eigenvalue weighted by Gasteiger charge is -2.32. The second-order valence-corrected chi connectivity index (χ2v) is 13.3. The second kappa shape index (κ2) is 12.8. The van der Waals surface area contributed by atoms with E-state index in [9.17, 15) is 4.79 Å². The van der Waals surface area contributed by atoms with Crippen LogP contribution in [0.5, 0.6) is 5.88 Å². The summed E-state index contributed by atoms with van der Waals surface area (Å²) in [5.74, 6) is 3.41. The summed E-state index contributed by atoms with van der Waals surface area (Å²) in [5, 5.41) is 14.6. The molecule has 0 spiro atoms. The smallest absolute Gasteiger partial charge is 0.411 e. The number of carbonyl (C=O) groups excluding carboxylic acids is 1. The molecule has 1 aliphatic rings. The van der Waals surface area contributed by atoms with Crippen molar-refractivity contribution in [3.63, 3.8) is 0 Å². The van der Waals surface area contributed by atoms with Crippen LogP contribution in [-0.2, 0) is 30.1 Å². The van der Waals surface area contributed by atoms with Crippen molar-refractivity contribution in [3.05, 3.63) is 45.0 Å². The minimum atomic E-state index is -0.668. The van der Waals surface area contributed by atoms with Crippen molar-refractivity contribution in [2.75, 3.05) is 13.2 Å². The number of hydrogen-bond acceptors (Lipinski definition) is 7. The van der Waals surface area contributed by atoms with Gasteiger partial charge in [0, 0.05) is 31.7 Å². The van der Waals surface area contributed by atoms with E-state index in [1.54, 1.807) is 14.3 Å². The molecule has 1 amide bonds. The Labute approximate surface area is 272 Å². The molecule has 4 heterocycles. The predicted molar refractivity (Wildman–Crippen MR) is 176 cm³/mol. The third kappa shape index (κ3) is 6.58. The molecule has 234 valence electrons. The number of halogens is 1. The molecule has 1 saturated heterocycles. The summed E-state index contributed by atoms with van der Waals surface area (Å²) in [4.78, 5) is 15.3. The van der Waals surface area contributed by atoms with Gasteiger partial charge in [0.15, 0.2) is 6.23 Å². The van der Waals surface area contributed by atoms with Crippen LogP contribution in [0, 0.1) is 22.8 Å². The number of terminal acetylenes is 1. The minimum Gasteiger partial charge on any atom is -0.475 e. The number of carbonyl (C=O) groups is 1. The summed E-state index contributed by atoms with van der Waals surface area (Å²) in [6.07, 6.45) is 10.2. The highest BCUT2D eigenvalue weighted by atomic mass is 127. The van der Waals surface area contributed by atoms with E-state index in [2.05, 4.69) is 38.7 Å². The SMILES string of the molecule is C#Cc1nn(C2CCCCO2)c2ccc(-c3cnn(C)c3CN(C(=O)OC(C)(C)C)[C@@H](C)COc3c(I)c(C)nn3C)cc12. The second-order valence-electron chi connectivity index (χ2n) is 12.2. The van der Waals surface area contributed by atoms with Crippen LogP contribution < -0.4 is 4.74 Å². The van der Waals surface area contributed by atoms with Crippen molar-refractivity contribution in [1.82, 2.24) is 34.2 Å². The Kier molecular flexibility index (Phi) is 9.27. The van der Waals surface area contributed by atoms with Crippen LogP contribution in [0.1, 0.15) is 70.3 Å². The van der Waals surface area contributed by atoms with E-state index >= 15 is 0 Å². The average molecular weight is 714 g/mol. The maximum absolute atomic E-state index is 13.6. The largest absolute Gasteiger partial charge is 0.475 e.